The highest BCUT2D eigenvalue weighted by molar-refractivity contribution is 5.25. The van der Waals surface area contributed by atoms with E-state index >= 15 is 0 Å². The van der Waals surface area contributed by atoms with Crippen molar-refractivity contribution in [3.05, 3.63) is 35.4 Å². The molecule has 1 aromatic carbocycles. The van der Waals surface area contributed by atoms with Crippen LogP contribution in [0.2, 0.25) is 0 Å². The van der Waals surface area contributed by atoms with E-state index in [0.717, 1.165) is 13.1 Å². The number of nitrogens with zero attached hydrogens (tertiary/aromatic N) is 1. The predicted molar refractivity (Wildman–Crippen MR) is 79.8 cm³/mol. The molecule has 0 bridgehead atoms. The maximum atomic E-state index is 5.68. The van der Waals surface area contributed by atoms with Crippen LogP contribution < -0.4 is 5.73 Å². The summed E-state index contributed by atoms with van der Waals surface area (Å²) in [6, 6.07) is 8.90. The van der Waals surface area contributed by atoms with Crippen LogP contribution in [0.15, 0.2) is 24.3 Å². The van der Waals surface area contributed by atoms with E-state index in [2.05, 4.69) is 50.1 Å². The van der Waals surface area contributed by atoms with Gasteiger partial charge in [0.15, 0.2) is 0 Å². The van der Waals surface area contributed by atoms with Crippen LogP contribution >= 0.6 is 0 Å². The first-order chi connectivity index (χ1) is 8.67. The lowest BCUT2D eigenvalue weighted by molar-refractivity contribution is 0.318. The summed E-state index contributed by atoms with van der Waals surface area (Å²) in [5.74, 6) is 0.460. The molecule has 0 saturated carbocycles. The molecular formula is C16H28N2. The van der Waals surface area contributed by atoms with Crippen LogP contribution in [-0.4, -0.2) is 25.0 Å². The highest BCUT2D eigenvalue weighted by Gasteiger charge is 2.04. The van der Waals surface area contributed by atoms with E-state index in [1.807, 2.05) is 0 Å². The van der Waals surface area contributed by atoms with Gasteiger partial charge in [0.1, 0.15) is 0 Å². The highest BCUT2D eigenvalue weighted by atomic mass is 15.1. The minimum Gasteiger partial charge on any atom is -0.330 e. The Labute approximate surface area is 112 Å². The fraction of sp³-hybridized carbons (Fsp3) is 0.625. The van der Waals surface area contributed by atoms with Gasteiger partial charge in [0, 0.05) is 6.54 Å². The molecule has 1 aromatic rings. The van der Waals surface area contributed by atoms with Gasteiger partial charge in [-0.25, -0.2) is 0 Å². The van der Waals surface area contributed by atoms with Crippen molar-refractivity contribution >= 4 is 0 Å². The van der Waals surface area contributed by atoms with E-state index in [1.165, 1.54) is 36.9 Å². The number of hydrogen-bond donors (Lipinski definition) is 1. The molecule has 2 nitrogen and oxygen atoms in total. The lowest BCUT2D eigenvalue weighted by Gasteiger charge is -2.17. The summed E-state index contributed by atoms with van der Waals surface area (Å²) < 4.78 is 0. The third-order valence-corrected chi connectivity index (χ3v) is 3.50. The molecule has 102 valence electrons. The zero-order chi connectivity index (χ0) is 13.4. The van der Waals surface area contributed by atoms with Crippen molar-refractivity contribution < 1.29 is 0 Å². The molecule has 0 spiro atoms. The summed E-state index contributed by atoms with van der Waals surface area (Å²) in [5, 5.41) is 0. The third-order valence-electron chi connectivity index (χ3n) is 3.50. The smallest absolute Gasteiger partial charge is 0.0230 e. The van der Waals surface area contributed by atoms with E-state index in [-0.39, 0.29) is 0 Å². The van der Waals surface area contributed by atoms with Gasteiger partial charge in [0.25, 0.3) is 0 Å². The van der Waals surface area contributed by atoms with E-state index in [4.69, 9.17) is 5.73 Å². The van der Waals surface area contributed by atoms with Crippen molar-refractivity contribution in [1.82, 2.24) is 4.90 Å². The highest BCUT2D eigenvalue weighted by Crippen LogP contribution is 2.15. The van der Waals surface area contributed by atoms with Crippen molar-refractivity contribution in [3.63, 3.8) is 0 Å². The van der Waals surface area contributed by atoms with Crippen molar-refractivity contribution in [2.75, 3.05) is 20.1 Å². The van der Waals surface area contributed by atoms with Crippen molar-refractivity contribution in [2.45, 2.75) is 45.6 Å². The molecule has 0 radical (unpaired) electrons. The molecule has 0 aliphatic carbocycles. The first-order valence-electron chi connectivity index (χ1n) is 7.14. The van der Waals surface area contributed by atoms with Crippen molar-refractivity contribution in [3.8, 4) is 0 Å². The average Bonchev–Trinajstić information content (AvgIpc) is 2.39. The number of rotatable bonds is 8. The van der Waals surface area contributed by atoms with Crippen LogP contribution in [0.3, 0.4) is 0 Å². The van der Waals surface area contributed by atoms with Gasteiger partial charge in [-0.15, -0.1) is 0 Å². The van der Waals surface area contributed by atoms with Crippen LogP contribution in [0.5, 0.6) is 0 Å². The summed E-state index contributed by atoms with van der Waals surface area (Å²) in [4.78, 5) is 2.40. The molecule has 0 amide bonds. The molecule has 1 atom stereocenters. The Balaban J connectivity index is 2.43. The Hall–Kier alpha value is -0.860. The molecule has 18 heavy (non-hydrogen) atoms. The number of unbranched alkanes of at least 4 members (excludes halogenated alkanes) is 2. The van der Waals surface area contributed by atoms with Crippen molar-refractivity contribution in [2.24, 2.45) is 5.73 Å². The molecule has 0 aliphatic heterocycles. The van der Waals surface area contributed by atoms with Crippen LogP contribution in [-0.2, 0) is 6.54 Å². The topological polar surface area (TPSA) is 29.3 Å². The summed E-state index contributed by atoms with van der Waals surface area (Å²) in [5.41, 5.74) is 8.42. The van der Waals surface area contributed by atoms with Crippen LogP contribution in [0, 0.1) is 0 Å². The Morgan fingerprint density at radius 3 is 2.39 bits per heavy atom. The Morgan fingerprint density at radius 1 is 1.17 bits per heavy atom. The third kappa shape index (κ3) is 5.19. The summed E-state index contributed by atoms with van der Waals surface area (Å²) in [7, 11) is 2.20. The largest absolute Gasteiger partial charge is 0.330 e. The van der Waals surface area contributed by atoms with Gasteiger partial charge in [-0.1, -0.05) is 51.0 Å². The average molecular weight is 248 g/mol. The number of hydrogen-bond acceptors (Lipinski definition) is 2. The van der Waals surface area contributed by atoms with E-state index in [0.29, 0.717) is 5.92 Å². The molecule has 1 rings (SSSR count). The second-order valence-electron chi connectivity index (χ2n) is 5.32. The van der Waals surface area contributed by atoms with Crippen LogP contribution in [0.1, 0.15) is 50.2 Å². The fourth-order valence-electron chi connectivity index (χ4n) is 2.11. The van der Waals surface area contributed by atoms with Crippen molar-refractivity contribution in [1.29, 1.82) is 0 Å². The molecule has 0 aromatic heterocycles. The van der Waals surface area contributed by atoms with Gasteiger partial charge >= 0.3 is 0 Å². The maximum absolute atomic E-state index is 5.68. The van der Waals surface area contributed by atoms with Gasteiger partial charge in [0.2, 0.25) is 0 Å². The van der Waals surface area contributed by atoms with Gasteiger partial charge in [0.05, 0.1) is 0 Å². The molecule has 1 unspecified atom stereocenters. The standard InChI is InChI=1S/C16H28N2/c1-4-5-6-11-18(3)13-15-7-9-16(10-8-15)14(2)12-17/h7-10,14H,4-6,11-13,17H2,1-3H3. The first-order valence-corrected chi connectivity index (χ1v) is 7.14. The second-order valence-corrected chi connectivity index (χ2v) is 5.32. The minimum absolute atomic E-state index is 0.460. The minimum atomic E-state index is 0.460. The molecule has 0 heterocycles. The molecule has 0 aliphatic rings. The predicted octanol–water partition coefficient (Wildman–Crippen LogP) is 3.37. The van der Waals surface area contributed by atoms with Gasteiger partial charge in [-0.05, 0) is 43.6 Å². The number of nitrogens with two attached hydrogens (primary N) is 1. The quantitative estimate of drug-likeness (QED) is 0.715. The molecular weight excluding hydrogens is 220 g/mol. The summed E-state index contributed by atoms with van der Waals surface area (Å²) >= 11 is 0. The fourth-order valence-corrected chi connectivity index (χ4v) is 2.11. The first kappa shape index (κ1) is 15.2. The Morgan fingerprint density at radius 2 is 1.83 bits per heavy atom. The number of benzene rings is 1. The second kappa shape index (κ2) is 8.28. The summed E-state index contributed by atoms with van der Waals surface area (Å²) in [6.07, 6.45) is 3.92. The lowest BCUT2D eigenvalue weighted by atomic mass is 10.00. The molecule has 0 saturated heterocycles. The molecule has 2 heteroatoms. The SMILES string of the molecule is CCCCCN(C)Cc1ccc(C(C)CN)cc1. The van der Waals surface area contributed by atoms with Crippen LogP contribution in [0.4, 0.5) is 0 Å². The Bertz CT molecular complexity index is 318. The van der Waals surface area contributed by atoms with Gasteiger partial charge in [-0.3, -0.25) is 0 Å². The van der Waals surface area contributed by atoms with E-state index < -0.39 is 0 Å². The van der Waals surface area contributed by atoms with E-state index in [9.17, 15) is 0 Å². The molecule has 2 N–H and O–H groups in total. The van der Waals surface area contributed by atoms with Gasteiger partial charge < -0.3 is 10.6 Å². The van der Waals surface area contributed by atoms with Crippen LogP contribution in [0.25, 0.3) is 0 Å². The van der Waals surface area contributed by atoms with Gasteiger partial charge in [-0.2, -0.15) is 0 Å². The van der Waals surface area contributed by atoms with E-state index in [1.54, 1.807) is 0 Å². The molecule has 0 fully saturated rings. The normalized spacial score (nSPS) is 12.9. The zero-order valence-corrected chi connectivity index (χ0v) is 12.2. The monoisotopic (exact) mass is 248 g/mol. The lowest BCUT2D eigenvalue weighted by Crippen LogP contribution is -2.19. The maximum Gasteiger partial charge on any atom is 0.0230 e. The summed E-state index contributed by atoms with van der Waals surface area (Å²) in [6.45, 7) is 7.37. The Kier molecular flexibility index (Phi) is 6.99. The zero-order valence-electron chi connectivity index (χ0n) is 12.2.